The molecule has 1 aliphatic rings. The first-order valence-corrected chi connectivity index (χ1v) is 9.77. The summed E-state index contributed by atoms with van der Waals surface area (Å²) in [6.45, 7) is 3.99. The first-order chi connectivity index (χ1) is 15.0. The standard InChI is InChI=1S/C24H20N2O5/c1-3-30-24(29)16-9-7-15(8-10-16)18-11-12-19(31-18)20(17-6-4-5-14(2)13-17)21-22(27)25-26-23(21)28/h4-13H,3H2,1-2H3,(H,25,27)(H,26,28). The quantitative estimate of drug-likeness (QED) is 0.377. The van der Waals surface area contributed by atoms with Crippen molar-refractivity contribution in [1.82, 2.24) is 10.9 Å². The summed E-state index contributed by atoms with van der Waals surface area (Å²) in [4.78, 5) is 36.6. The van der Waals surface area contributed by atoms with Crippen LogP contribution in [0.4, 0.5) is 0 Å². The molecule has 0 atom stereocenters. The molecule has 0 spiro atoms. The molecule has 2 amide bonds. The van der Waals surface area contributed by atoms with E-state index in [1.165, 1.54) is 0 Å². The molecule has 4 rings (SSSR count). The van der Waals surface area contributed by atoms with Gasteiger partial charge in [-0.2, -0.15) is 0 Å². The second kappa shape index (κ2) is 8.31. The number of furan rings is 1. The smallest absolute Gasteiger partial charge is 0.338 e. The third-order valence-electron chi connectivity index (χ3n) is 4.83. The Morgan fingerprint density at radius 2 is 1.65 bits per heavy atom. The predicted octanol–water partition coefficient (Wildman–Crippen LogP) is 3.39. The third kappa shape index (κ3) is 3.98. The van der Waals surface area contributed by atoms with Crippen LogP contribution in [0.25, 0.3) is 16.9 Å². The Morgan fingerprint density at radius 3 is 2.29 bits per heavy atom. The van der Waals surface area contributed by atoms with E-state index in [0.717, 1.165) is 11.1 Å². The monoisotopic (exact) mass is 416 g/mol. The minimum absolute atomic E-state index is 0.0100. The zero-order chi connectivity index (χ0) is 22.0. The normalized spacial score (nSPS) is 13.0. The lowest BCUT2D eigenvalue weighted by molar-refractivity contribution is -0.117. The number of aryl methyl sites for hydroxylation is 1. The van der Waals surface area contributed by atoms with E-state index in [9.17, 15) is 14.4 Å². The fourth-order valence-corrected chi connectivity index (χ4v) is 3.39. The maximum Gasteiger partial charge on any atom is 0.338 e. The van der Waals surface area contributed by atoms with Crippen LogP contribution in [0.15, 0.2) is 70.7 Å². The number of amides is 2. The van der Waals surface area contributed by atoms with Crippen LogP contribution in [0.1, 0.15) is 34.2 Å². The molecule has 1 fully saturated rings. The van der Waals surface area contributed by atoms with Crippen molar-refractivity contribution in [2.24, 2.45) is 0 Å². The van der Waals surface area contributed by atoms with Crippen LogP contribution in [0.5, 0.6) is 0 Å². The largest absolute Gasteiger partial charge is 0.462 e. The lowest BCUT2D eigenvalue weighted by Gasteiger charge is -2.08. The minimum Gasteiger partial charge on any atom is -0.462 e. The fourth-order valence-electron chi connectivity index (χ4n) is 3.39. The maximum absolute atomic E-state index is 12.4. The molecule has 1 saturated heterocycles. The van der Waals surface area contributed by atoms with E-state index in [4.69, 9.17) is 9.15 Å². The Balaban J connectivity index is 1.76. The molecule has 0 unspecified atom stereocenters. The van der Waals surface area contributed by atoms with Crippen LogP contribution in [-0.4, -0.2) is 24.4 Å². The molecule has 2 heterocycles. The molecular weight excluding hydrogens is 396 g/mol. The van der Waals surface area contributed by atoms with Crippen LogP contribution in [0, 0.1) is 6.92 Å². The summed E-state index contributed by atoms with van der Waals surface area (Å²) >= 11 is 0. The average Bonchev–Trinajstić information content (AvgIpc) is 3.37. The molecule has 156 valence electrons. The highest BCUT2D eigenvalue weighted by molar-refractivity contribution is 6.28. The van der Waals surface area contributed by atoms with Crippen molar-refractivity contribution in [2.75, 3.05) is 6.61 Å². The molecule has 0 bridgehead atoms. The number of carbonyl (C=O) groups is 3. The van der Waals surface area contributed by atoms with E-state index < -0.39 is 11.8 Å². The van der Waals surface area contributed by atoms with Crippen LogP contribution in [0.2, 0.25) is 0 Å². The van der Waals surface area contributed by atoms with Gasteiger partial charge in [-0.1, -0.05) is 42.0 Å². The zero-order valence-corrected chi connectivity index (χ0v) is 17.0. The van der Waals surface area contributed by atoms with Crippen LogP contribution in [-0.2, 0) is 14.3 Å². The van der Waals surface area contributed by atoms with E-state index in [0.29, 0.717) is 34.8 Å². The summed E-state index contributed by atoms with van der Waals surface area (Å²) in [5, 5.41) is 0. The summed E-state index contributed by atoms with van der Waals surface area (Å²) in [5.74, 6) is -0.498. The van der Waals surface area contributed by atoms with Gasteiger partial charge in [0, 0.05) is 11.1 Å². The number of rotatable bonds is 5. The second-order valence-electron chi connectivity index (χ2n) is 6.99. The summed E-state index contributed by atoms with van der Waals surface area (Å²) in [5.41, 5.74) is 7.94. The number of nitrogens with one attached hydrogen (secondary N) is 2. The lowest BCUT2D eigenvalue weighted by Crippen LogP contribution is -2.28. The molecule has 0 radical (unpaired) electrons. The maximum atomic E-state index is 12.4. The number of ether oxygens (including phenoxy) is 1. The number of hydrazine groups is 1. The van der Waals surface area contributed by atoms with Gasteiger partial charge in [-0.25, -0.2) is 4.79 Å². The highest BCUT2D eigenvalue weighted by atomic mass is 16.5. The number of carbonyl (C=O) groups excluding carboxylic acids is 3. The third-order valence-corrected chi connectivity index (χ3v) is 4.83. The highest BCUT2D eigenvalue weighted by Gasteiger charge is 2.32. The molecule has 7 heteroatoms. The molecule has 31 heavy (non-hydrogen) atoms. The molecule has 7 nitrogen and oxygen atoms in total. The van der Waals surface area contributed by atoms with Crippen molar-refractivity contribution >= 4 is 23.4 Å². The summed E-state index contributed by atoms with van der Waals surface area (Å²) in [6, 6.07) is 17.8. The minimum atomic E-state index is -0.516. The molecule has 2 N–H and O–H groups in total. The molecule has 2 aromatic carbocycles. The molecule has 0 saturated carbocycles. The van der Waals surface area contributed by atoms with Gasteiger partial charge in [-0.3, -0.25) is 20.4 Å². The second-order valence-corrected chi connectivity index (χ2v) is 6.99. The molecule has 0 aliphatic carbocycles. The molecule has 1 aliphatic heterocycles. The fraction of sp³-hybridized carbons (Fsp3) is 0.125. The topological polar surface area (TPSA) is 97.6 Å². The molecule has 1 aromatic heterocycles. The van der Waals surface area contributed by atoms with Crippen LogP contribution in [0.3, 0.4) is 0 Å². The van der Waals surface area contributed by atoms with Crippen LogP contribution < -0.4 is 10.9 Å². The van der Waals surface area contributed by atoms with Gasteiger partial charge >= 0.3 is 5.97 Å². The number of esters is 1. The Morgan fingerprint density at radius 1 is 0.935 bits per heavy atom. The lowest BCUT2D eigenvalue weighted by atomic mass is 9.96. The summed E-state index contributed by atoms with van der Waals surface area (Å²) in [7, 11) is 0. The number of hydrogen-bond donors (Lipinski definition) is 2. The molecule has 3 aromatic rings. The van der Waals surface area contributed by atoms with Crippen molar-refractivity contribution in [1.29, 1.82) is 0 Å². The Bertz CT molecular complexity index is 1190. The van der Waals surface area contributed by atoms with E-state index in [1.54, 1.807) is 43.3 Å². The summed E-state index contributed by atoms with van der Waals surface area (Å²) < 4.78 is 11.0. The van der Waals surface area contributed by atoms with Gasteiger partial charge in [0.2, 0.25) is 0 Å². The van der Waals surface area contributed by atoms with Crippen molar-refractivity contribution in [3.63, 3.8) is 0 Å². The molecular formula is C24H20N2O5. The SMILES string of the molecule is CCOC(=O)c1ccc(-c2ccc(C(=C3C(=O)NNC3=O)c3cccc(C)c3)o2)cc1. The number of hydrogen-bond acceptors (Lipinski definition) is 5. The zero-order valence-electron chi connectivity index (χ0n) is 17.0. The van der Waals surface area contributed by atoms with Gasteiger partial charge in [0.15, 0.2) is 0 Å². The van der Waals surface area contributed by atoms with Gasteiger partial charge < -0.3 is 9.15 Å². The first kappa shape index (κ1) is 20.2. The van der Waals surface area contributed by atoms with Gasteiger partial charge in [-0.15, -0.1) is 0 Å². The average molecular weight is 416 g/mol. The Labute approximate surface area is 178 Å². The van der Waals surface area contributed by atoms with Crippen molar-refractivity contribution < 1.29 is 23.5 Å². The predicted molar refractivity (Wildman–Crippen MR) is 114 cm³/mol. The van der Waals surface area contributed by atoms with Crippen molar-refractivity contribution in [3.05, 3.63) is 88.7 Å². The van der Waals surface area contributed by atoms with E-state index in [1.807, 2.05) is 31.2 Å². The highest BCUT2D eigenvalue weighted by Crippen LogP contribution is 2.33. The Kier molecular flexibility index (Phi) is 5.41. The van der Waals surface area contributed by atoms with Gasteiger partial charge in [0.05, 0.1) is 12.2 Å². The Hall–Kier alpha value is -4.13. The van der Waals surface area contributed by atoms with Crippen LogP contribution >= 0.6 is 0 Å². The van der Waals surface area contributed by atoms with Crippen molar-refractivity contribution in [3.8, 4) is 11.3 Å². The number of benzene rings is 2. The summed E-state index contributed by atoms with van der Waals surface area (Å²) in [6.07, 6.45) is 0. The van der Waals surface area contributed by atoms with Crippen molar-refractivity contribution in [2.45, 2.75) is 13.8 Å². The van der Waals surface area contributed by atoms with E-state index >= 15 is 0 Å². The van der Waals surface area contributed by atoms with Gasteiger partial charge in [-0.05, 0) is 43.7 Å². The van der Waals surface area contributed by atoms with Gasteiger partial charge in [0.25, 0.3) is 11.8 Å². The first-order valence-electron chi connectivity index (χ1n) is 9.77. The van der Waals surface area contributed by atoms with E-state index in [-0.39, 0.29) is 11.5 Å². The van der Waals surface area contributed by atoms with E-state index in [2.05, 4.69) is 10.9 Å². The van der Waals surface area contributed by atoms with Gasteiger partial charge in [0.1, 0.15) is 17.1 Å².